The zero-order chi connectivity index (χ0) is 21.4. The number of benzene rings is 2. The van der Waals surface area contributed by atoms with Crippen LogP contribution in [0.5, 0.6) is 5.75 Å². The van der Waals surface area contributed by atoms with Gasteiger partial charge >= 0.3 is 0 Å². The molecule has 1 aliphatic carbocycles. The molecule has 1 saturated heterocycles. The largest absolute Gasteiger partial charge is 0.496 e. The summed E-state index contributed by atoms with van der Waals surface area (Å²) >= 11 is 0. The number of para-hydroxylation sites is 1. The van der Waals surface area contributed by atoms with Crippen molar-refractivity contribution in [3.05, 3.63) is 70.9 Å². The van der Waals surface area contributed by atoms with E-state index in [0.29, 0.717) is 36.1 Å². The molecule has 2 aliphatic rings. The predicted molar refractivity (Wildman–Crippen MR) is 115 cm³/mol. The highest BCUT2D eigenvalue weighted by Gasteiger charge is 2.40. The highest BCUT2D eigenvalue weighted by Crippen LogP contribution is 2.33. The monoisotopic (exact) mass is 439 g/mol. The minimum atomic E-state index is -3.50. The predicted octanol–water partition coefficient (Wildman–Crippen LogP) is 3.34. The van der Waals surface area contributed by atoms with Gasteiger partial charge in [-0.25, -0.2) is 8.42 Å². The van der Waals surface area contributed by atoms with Crippen LogP contribution in [0.25, 0.3) is 0 Å². The lowest BCUT2D eigenvalue weighted by atomic mass is 9.92. The lowest BCUT2D eigenvalue weighted by molar-refractivity contribution is 0.216. The summed E-state index contributed by atoms with van der Waals surface area (Å²) in [6.07, 6.45) is 4.79. The molecule has 1 fully saturated rings. The van der Waals surface area contributed by atoms with Crippen molar-refractivity contribution in [3.8, 4) is 5.75 Å². The van der Waals surface area contributed by atoms with Crippen molar-refractivity contribution in [2.45, 2.75) is 42.9 Å². The molecule has 0 bridgehead atoms. The second-order valence-corrected chi connectivity index (χ2v) is 10.1. The molecule has 5 rings (SSSR count). The minimum Gasteiger partial charge on any atom is -0.496 e. The van der Waals surface area contributed by atoms with Crippen LogP contribution in [0.15, 0.2) is 51.9 Å². The van der Waals surface area contributed by atoms with E-state index in [1.54, 1.807) is 13.2 Å². The number of hydrogen-bond donors (Lipinski definition) is 0. The molecule has 0 saturated carbocycles. The molecule has 0 unspecified atom stereocenters. The summed E-state index contributed by atoms with van der Waals surface area (Å²) in [7, 11) is -1.87. The first kappa shape index (κ1) is 20.2. The van der Waals surface area contributed by atoms with E-state index in [0.717, 1.165) is 30.6 Å². The number of nitrogens with zero attached hydrogens (tertiary/aromatic N) is 3. The van der Waals surface area contributed by atoms with Crippen molar-refractivity contribution in [1.29, 1.82) is 0 Å². The molecule has 2 aromatic carbocycles. The Morgan fingerprint density at radius 2 is 1.87 bits per heavy atom. The summed E-state index contributed by atoms with van der Waals surface area (Å²) in [5.41, 5.74) is 3.42. The highest BCUT2D eigenvalue weighted by atomic mass is 32.2. The Hall–Kier alpha value is -2.71. The number of fused-ring (bicyclic) bond motifs is 1. The standard InChI is InChI=1S/C23H25N3O4S/c1-29-21-9-5-4-8-18(21)13-22-24-23(30-25-22)19-14-26(15-19)31(27,28)20-11-10-16-6-2-3-7-17(16)12-20/h4-5,8-12,19H,2-3,6-7,13-15H2,1H3. The van der Waals surface area contributed by atoms with E-state index in [1.807, 2.05) is 36.4 Å². The number of sulfonamides is 1. The van der Waals surface area contributed by atoms with E-state index >= 15 is 0 Å². The lowest BCUT2D eigenvalue weighted by Crippen LogP contribution is -2.48. The summed E-state index contributed by atoms with van der Waals surface area (Å²) in [4.78, 5) is 4.88. The van der Waals surface area contributed by atoms with Gasteiger partial charge in [-0.3, -0.25) is 0 Å². The van der Waals surface area contributed by atoms with E-state index in [2.05, 4.69) is 10.1 Å². The summed E-state index contributed by atoms with van der Waals surface area (Å²) in [6.45, 7) is 0.714. The molecule has 1 aromatic heterocycles. The molecule has 8 heteroatoms. The molecule has 0 atom stereocenters. The van der Waals surface area contributed by atoms with Crippen molar-refractivity contribution in [2.24, 2.45) is 0 Å². The number of methoxy groups -OCH3 is 1. The smallest absolute Gasteiger partial charge is 0.243 e. The maximum atomic E-state index is 13.0. The van der Waals surface area contributed by atoms with E-state index in [1.165, 1.54) is 21.9 Å². The SMILES string of the molecule is COc1ccccc1Cc1noc(C2CN(S(=O)(=O)c3ccc4c(c3)CCCC4)C2)n1. The average Bonchev–Trinajstić information content (AvgIpc) is 3.20. The molecule has 0 amide bonds. The number of aromatic nitrogens is 2. The van der Waals surface area contributed by atoms with Crippen LogP contribution in [-0.4, -0.2) is 43.1 Å². The normalized spacial score (nSPS) is 17.2. The minimum absolute atomic E-state index is 0.0775. The van der Waals surface area contributed by atoms with Crippen LogP contribution >= 0.6 is 0 Å². The first-order valence-electron chi connectivity index (χ1n) is 10.6. The summed E-state index contributed by atoms with van der Waals surface area (Å²) < 4.78 is 38.4. The molecule has 2 heterocycles. The van der Waals surface area contributed by atoms with E-state index in [4.69, 9.17) is 9.26 Å². The van der Waals surface area contributed by atoms with Gasteiger partial charge in [-0.1, -0.05) is 29.4 Å². The van der Waals surface area contributed by atoms with Crippen molar-refractivity contribution in [2.75, 3.05) is 20.2 Å². The third kappa shape index (κ3) is 3.85. The van der Waals surface area contributed by atoms with Crippen molar-refractivity contribution < 1.29 is 17.7 Å². The third-order valence-corrected chi connectivity index (χ3v) is 8.01. The van der Waals surface area contributed by atoms with Gasteiger partial charge in [-0.05, 0) is 55.0 Å². The first-order chi connectivity index (χ1) is 15.0. The quantitative estimate of drug-likeness (QED) is 0.586. The summed E-state index contributed by atoms with van der Waals surface area (Å²) in [5.74, 6) is 1.75. The van der Waals surface area contributed by atoms with Crippen LogP contribution in [0.2, 0.25) is 0 Å². The number of hydrogen-bond acceptors (Lipinski definition) is 6. The highest BCUT2D eigenvalue weighted by molar-refractivity contribution is 7.89. The summed E-state index contributed by atoms with van der Waals surface area (Å²) in [6, 6.07) is 13.3. The maximum absolute atomic E-state index is 13.0. The Balaban J connectivity index is 1.26. The van der Waals surface area contributed by atoms with Gasteiger partial charge in [0.25, 0.3) is 0 Å². The molecule has 7 nitrogen and oxygen atoms in total. The number of ether oxygens (including phenoxy) is 1. The van der Waals surface area contributed by atoms with Gasteiger partial charge in [0.2, 0.25) is 15.9 Å². The van der Waals surface area contributed by atoms with Gasteiger partial charge in [-0.2, -0.15) is 9.29 Å². The molecular formula is C23H25N3O4S. The van der Waals surface area contributed by atoms with Crippen molar-refractivity contribution in [1.82, 2.24) is 14.4 Å². The van der Waals surface area contributed by atoms with Gasteiger partial charge in [0.05, 0.1) is 17.9 Å². The molecule has 0 N–H and O–H groups in total. The van der Waals surface area contributed by atoms with Crippen molar-refractivity contribution >= 4 is 10.0 Å². The Labute approximate surface area is 182 Å². The van der Waals surface area contributed by atoms with Gasteiger partial charge in [-0.15, -0.1) is 0 Å². The maximum Gasteiger partial charge on any atom is 0.243 e. The topological polar surface area (TPSA) is 85.5 Å². The molecule has 3 aromatic rings. The van der Waals surface area contributed by atoms with Crippen LogP contribution in [0, 0.1) is 0 Å². The van der Waals surface area contributed by atoms with Crippen LogP contribution in [-0.2, 0) is 29.3 Å². The van der Waals surface area contributed by atoms with E-state index in [9.17, 15) is 8.42 Å². The number of rotatable bonds is 6. The Bertz CT molecular complexity index is 1200. The first-order valence-corrected chi connectivity index (χ1v) is 12.0. The fourth-order valence-corrected chi connectivity index (χ4v) is 5.92. The molecule has 162 valence electrons. The zero-order valence-corrected chi connectivity index (χ0v) is 18.3. The molecular weight excluding hydrogens is 414 g/mol. The van der Waals surface area contributed by atoms with Crippen molar-refractivity contribution in [3.63, 3.8) is 0 Å². The van der Waals surface area contributed by atoms with Crippen LogP contribution in [0.4, 0.5) is 0 Å². The van der Waals surface area contributed by atoms with Crippen LogP contribution in [0.3, 0.4) is 0 Å². The third-order valence-electron chi connectivity index (χ3n) is 6.18. The van der Waals surface area contributed by atoms with Crippen LogP contribution < -0.4 is 4.74 Å². The fourth-order valence-electron chi connectivity index (χ4n) is 4.33. The van der Waals surface area contributed by atoms with Gasteiger partial charge in [0.1, 0.15) is 5.75 Å². The van der Waals surface area contributed by atoms with Gasteiger partial charge in [0.15, 0.2) is 5.82 Å². The fraction of sp³-hybridized carbons (Fsp3) is 0.391. The van der Waals surface area contributed by atoms with Gasteiger partial charge < -0.3 is 9.26 Å². The Morgan fingerprint density at radius 1 is 1.10 bits per heavy atom. The molecule has 0 radical (unpaired) electrons. The van der Waals surface area contributed by atoms with E-state index in [-0.39, 0.29) is 5.92 Å². The Kier molecular flexibility index (Phi) is 5.27. The summed E-state index contributed by atoms with van der Waals surface area (Å²) in [5, 5.41) is 4.07. The second-order valence-electron chi connectivity index (χ2n) is 8.19. The zero-order valence-electron chi connectivity index (χ0n) is 17.5. The Morgan fingerprint density at radius 3 is 2.68 bits per heavy atom. The molecule has 31 heavy (non-hydrogen) atoms. The average molecular weight is 440 g/mol. The van der Waals surface area contributed by atoms with Crippen LogP contribution in [0.1, 0.15) is 47.2 Å². The lowest BCUT2D eigenvalue weighted by Gasteiger charge is -2.36. The molecule has 1 aliphatic heterocycles. The van der Waals surface area contributed by atoms with E-state index < -0.39 is 10.0 Å². The number of aryl methyl sites for hydroxylation is 2. The second kappa shape index (κ2) is 8.09. The van der Waals surface area contributed by atoms with Gasteiger partial charge in [0, 0.05) is 25.1 Å². The molecule has 0 spiro atoms.